The third-order valence-corrected chi connectivity index (χ3v) is 0.568. The molecule has 39 valence electrons. The number of rotatable bonds is 2. The standard InChI is InChI=1S/C5H10BO/c1-4(2)6-5(3)7/h4H,1-3H3. The molecule has 0 aromatic carbocycles. The molecule has 0 saturated heterocycles. The van der Waals surface area contributed by atoms with E-state index in [1.165, 1.54) is 0 Å². The maximum atomic E-state index is 10.2. The zero-order valence-corrected chi connectivity index (χ0v) is 5.06. The molecule has 0 aliphatic heterocycles. The molecule has 0 amide bonds. The number of carbonyl (C=O) groups excluding carboxylic acids is 1. The summed E-state index contributed by atoms with van der Waals surface area (Å²) in [7, 11) is 1.69. The first-order chi connectivity index (χ1) is 3.13. The van der Waals surface area contributed by atoms with E-state index in [9.17, 15) is 4.79 Å². The molecule has 0 saturated carbocycles. The lowest BCUT2D eigenvalue weighted by molar-refractivity contribution is -0.110. The van der Waals surface area contributed by atoms with Crippen LogP contribution in [0.2, 0.25) is 5.82 Å². The molecule has 2 heteroatoms. The van der Waals surface area contributed by atoms with Crippen molar-refractivity contribution in [2.24, 2.45) is 0 Å². The minimum atomic E-state index is 0.162. The van der Waals surface area contributed by atoms with E-state index in [2.05, 4.69) is 0 Å². The van der Waals surface area contributed by atoms with Crippen LogP contribution in [0.25, 0.3) is 0 Å². The summed E-state index contributed by atoms with van der Waals surface area (Å²) in [5, 5.41) is 0. The van der Waals surface area contributed by atoms with Crippen LogP contribution in [0.1, 0.15) is 20.8 Å². The van der Waals surface area contributed by atoms with Crippen LogP contribution in [0.3, 0.4) is 0 Å². The second-order valence-electron chi connectivity index (χ2n) is 2.02. The lowest BCUT2D eigenvalue weighted by atomic mass is 9.63. The lowest BCUT2D eigenvalue weighted by Gasteiger charge is -1.92. The molecule has 0 aromatic rings. The van der Waals surface area contributed by atoms with E-state index in [1.807, 2.05) is 13.8 Å². The van der Waals surface area contributed by atoms with Gasteiger partial charge in [-0.25, -0.2) is 0 Å². The molecule has 0 unspecified atom stereocenters. The molecule has 0 bridgehead atoms. The molecule has 0 aliphatic rings. The first-order valence-corrected chi connectivity index (χ1v) is 2.48. The maximum Gasteiger partial charge on any atom is 0.204 e. The van der Waals surface area contributed by atoms with Crippen molar-refractivity contribution in [1.82, 2.24) is 0 Å². The summed E-state index contributed by atoms with van der Waals surface area (Å²) in [5.41, 5.74) is 0.162. The van der Waals surface area contributed by atoms with Crippen LogP contribution in [0.4, 0.5) is 0 Å². The van der Waals surface area contributed by atoms with Crippen LogP contribution in [0.5, 0.6) is 0 Å². The SMILES string of the molecule is CC(=O)[B]C(C)C. The highest BCUT2D eigenvalue weighted by Crippen LogP contribution is 1.95. The first-order valence-electron chi connectivity index (χ1n) is 2.48. The highest BCUT2D eigenvalue weighted by Gasteiger charge is 1.99. The van der Waals surface area contributed by atoms with Gasteiger partial charge in [0.15, 0.2) is 0 Å². The predicted octanol–water partition coefficient (Wildman–Crippen LogP) is 1.07. The van der Waals surface area contributed by atoms with Crippen LogP contribution in [0.15, 0.2) is 0 Å². The molecule has 0 aromatic heterocycles. The number of hydrogen-bond acceptors (Lipinski definition) is 1. The van der Waals surface area contributed by atoms with Gasteiger partial charge < -0.3 is 4.79 Å². The fourth-order valence-corrected chi connectivity index (χ4v) is 0.469. The molecule has 0 aliphatic carbocycles. The Labute approximate surface area is 45.3 Å². The fraction of sp³-hybridized carbons (Fsp3) is 0.800. The van der Waals surface area contributed by atoms with Gasteiger partial charge in [0, 0.05) is 0 Å². The van der Waals surface area contributed by atoms with Gasteiger partial charge in [-0.3, -0.25) is 0 Å². The molecule has 0 N–H and O–H groups in total. The van der Waals surface area contributed by atoms with Crippen molar-refractivity contribution in [3.63, 3.8) is 0 Å². The Balaban J connectivity index is 3.13. The molecule has 0 spiro atoms. The molecule has 0 atom stereocenters. The van der Waals surface area contributed by atoms with Crippen molar-refractivity contribution in [1.29, 1.82) is 0 Å². The van der Waals surface area contributed by atoms with Crippen LogP contribution >= 0.6 is 0 Å². The maximum absolute atomic E-state index is 10.2. The summed E-state index contributed by atoms with van der Waals surface area (Å²) < 4.78 is 0. The Morgan fingerprint density at radius 1 is 1.57 bits per heavy atom. The average molecular weight is 96.9 g/mol. The van der Waals surface area contributed by atoms with Gasteiger partial charge in [-0.1, -0.05) is 19.7 Å². The van der Waals surface area contributed by atoms with E-state index in [0.29, 0.717) is 5.82 Å². The average Bonchev–Trinajstić information content (AvgIpc) is 1.27. The van der Waals surface area contributed by atoms with Crippen molar-refractivity contribution < 1.29 is 4.79 Å². The predicted molar refractivity (Wildman–Crippen MR) is 31.5 cm³/mol. The topological polar surface area (TPSA) is 17.1 Å². The smallest absolute Gasteiger partial charge is 0.204 e. The number of hydrogen-bond donors (Lipinski definition) is 0. The second kappa shape index (κ2) is 2.83. The largest absolute Gasteiger partial charge is 0.312 e. The molecule has 7 heavy (non-hydrogen) atoms. The van der Waals surface area contributed by atoms with E-state index in [1.54, 1.807) is 14.2 Å². The van der Waals surface area contributed by atoms with Gasteiger partial charge >= 0.3 is 0 Å². The van der Waals surface area contributed by atoms with Gasteiger partial charge in [0.05, 0.1) is 5.68 Å². The minimum Gasteiger partial charge on any atom is -0.312 e. The third kappa shape index (κ3) is 5.73. The van der Waals surface area contributed by atoms with E-state index in [0.717, 1.165) is 0 Å². The molecule has 0 rings (SSSR count). The van der Waals surface area contributed by atoms with E-state index in [4.69, 9.17) is 0 Å². The van der Waals surface area contributed by atoms with Crippen molar-refractivity contribution in [2.75, 3.05) is 0 Å². The van der Waals surface area contributed by atoms with E-state index in [-0.39, 0.29) is 5.68 Å². The molecular weight excluding hydrogens is 86.9 g/mol. The molecular formula is C5H10BO. The summed E-state index contributed by atoms with van der Waals surface area (Å²) in [6, 6.07) is 0. The summed E-state index contributed by atoms with van der Waals surface area (Å²) in [6.45, 7) is 5.54. The summed E-state index contributed by atoms with van der Waals surface area (Å²) in [5.74, 6) is 0.400. The van der Waals surface area contributed by atoms with Gasteiger partial charge in [-0.2, -0.15) is 0 Å². The third-order valence-electron chi connectivity index (χ3n) is 0.568. The van der Waals surface area contributed by atoms with Crippen molar-refractivity contribution in [3.05, 3.63) is 0 Å². The molecule has 1 radical (unpaired) electrons. The summed E-state index contributed by atoms with van der Waals surface area (Å²) in [6.07, 6.45) is 0. The summed E-state index contributed by atoms with van der Waals surface area (Å²) in [4.78, 5) is 10.2. The van der Waals surface area contributed by atoms with Crippen LogP contribution in [-0.2, 0) is 4.79 Å². The molecule has 1 nitrogen and oxygen atoms in total. The van der Waals surface area contributed by atoms with E-state index >= 15 is 0 Å². The van der Waals surface area contributed by atoms with Crippen molar-refractivity contribution >= 4 is 13.0 Å². The highest BCUT2D eigenvalue weighted by atomic mass is 16.1. The minimum absolute atomic E-state index is 0.162. The Morgan fingerprint density at radius 3 is 2.00 bits per heavy atom. The Hall–Kier alpha value is -0.265. The zero-order chi connectivity index (χ0) is 5.86. The fourth-order valence-electron chi connectivity index (χ4n) is 0.469. The van der Waals surface area contributed by atoms with Gasteiger partial charge in [-0.05, 0) is 6.92 Å². The van der Waals surface area contributed by atoms with E-state index < -0.39 is 0 Å². The van der Waals surface area contributed by atoms with Crippen molar-refractivity contribution in [2.45, 2.75) is 26.6 Å². The van der Waals surface area contributed by atoms with Gasteiger partial charge in [0.1, 0.15) is 0 Å². The Morgan fingerprint density at radius 2 is 2.00 bits per heavy atom. The van der Waals surface area contributed by atoms with Crippen LogP contribution in [0, 0.1) is 0 Å². The quantitative estimate of drug-likeness (QED) is 0.471. The second-order valence-corrected chi connectivity index (χ2v) is 2.02. The number of carbonyl (C=O) groups is 1. The monoisotopic (exact) mass is 97.1 g/mol. The van der Waals surface area contributed by atoms with Crippen molar-refractivity contribution in [3.8, 4) is 0 Å². The van der Waals surface area contributed by atoms with Crippen LogP contribution < -0.4 is 0 Å². The van der Waals surface area contributed by atoms with Gasteiger partial charge in [0.25, 0.3) is 0 Å². The molecule has 0 heterocycles. The van der Waals surface area contributed by atoms with Crippen LogP contribution in [-0.4, -0.2) is 13.0 Å². The van der Waals surface area contributed by atoms with Gasteiger partial charge in [0.2, 0.25) is 7.28 Å². The zero-order valence-electron chi connectivity index (χ0n) is 5.06. The lowest BCUT2D eigenvalue weighted by Crippen LogP contribution is -2.06. The normalized spacial score (nSPS) is 9.14. The molecule has 0 fully saturated rings. The highest BCUT2D eigenvalue weighted by molar-refractivity contribution is 6.74. The Kier molecular flexibility index (Phi) is 2.73. The first kappa shape index (κ1) is 6.73. The Bertz CT molecular complexity index is 68.5. The van der Waals surface area contributed by atoms with Gasteiger partial charge in [-0.15, -0.1) is 0 Å². The summed E-state index contributed by atoms with van der Waals surface area (Å²) >= 11 is 0.